The van der Waals surface area contributed by atoms with Crippen molar-refractivity contribution in [2.45, 2.75) is 96.4 Å². The van der Waals surface area contributed by atoms with E-state index >= 15 is 0 Å². The molecule has 1 N–H and O–H groups in total. The molecule has 6 nitrogen and oxygen atoms in total. The number of benzene rings is 2. The summed E-state index contributed by atoms with van der Waals surface area (Å²) in [5.41, 5.74) is 3.05. The van der Waals surface area contributed by atoms with Crippen LogP contribution in [0.15, 0.2) is 36.4 Å². The Bertz CT molecular complexity index is 1090. The lowest BCUT2D eigenvalue weighted by molar-refractivity contribution is -0.137. The number of amides is 2. The number of ether oxygens (including phenoxy) is 2. The highest BCUT2D eigenvalue weighted by molar-refractivity contribution is 6.30. The minimum Gasteiger partial charge on any atom is -0.493 e. The molecule has 0 bridgehead atoms. The van der Waals surface area contributed by atoms with Gasteiger partial charge in [-0.15, -0.1) is 0 Å². The van der Waals surface area contributed by atoms with Crippen molar-refractivity contribution in [3.05, 3.63) is 58.1 Å². The van der Waals surface area contributed by atoms with Crippen LogP contribution in [-0.4, -0.2) is 42.0 Å². The Balaban J connectivity index is 1.64. The van der Waals surface area contributed by atoms with Gasteiger partial charge in [0.25, 0.3) is 0 Å². The summed E-state index contributed by atoms with van der Waals surface area (Å²) < 4.78 is 11.7. The Morgan fingerprint density at radius 3 is 2.43 bits per heavy atom. The molecule has 1 unspecified atom stereocenters. The monoisotopic (exact) mass is 526 g/mol. The number of hydrogen-bond donors (Lipinski definition) is 1. The molecule has 37 heavy (non-hydrogen) atoms. The van der Waals surface area contributed by atoms with E-state index in [1.165, 1.54) is 0 Å². The maximum atomic E-state index is 13.7. The molecule has 2 aliphatic rings. The first-order chi connectivity index (χ1) is 17.8. The van der Waals surface area contributed by atoms with E-state index in [9.17, 15) is 9.59 Å². The fourth-order valence-corrected chi connectivity index (χ4v) is 5.74. The number of hydrogen-bond acceptors (Lipinski definition) is 4. The minimum atomic E-state index is -0.241. The molecule has 1 saturated carbocycles. The van der Waals surface area contributed by atoms with Crippen LogP contribution in [0.1, 0.15) is 88.4 Å². The fraction of sp³-hybridized carbons (Fsp3) is 0.533. The summed E-state index contributed by atoms with van der Waals surface area (Å²) in [6.07, 6.45) is 6.29. The molecule has 1 fully saturated rings. The van der Waals surface area contributed by atoms with Gasteiger partial charge >= 0.3 is 0 Å². The second-order valence-corrected chi connectivity index (χ2v) is 10.9. The van der Waals surface area contributed by atoms with Crippen molar-refractivity contribution < 1.29 is 19.1 Å². The fourth-order valence-electron chi connectivity index (χ4n) is 5.61. The Labute approximate surface area is 225 Å². The van der Waals surface area contributed by atoms with Gasteiger partial charge in [-0.05, 0) is 86.9 Å². The summed E-state index contributed by atoms with van der Waals surface area (Å²) in [6, 6.07) is 11.8. The predicted molar refractivity (Wildman–Crippen MR) is 146 cm³/mol. The van der Waals surface area contributed by atoms with Gasteiger partial charge in [-0.1, -0.05) is 37.1 Å². The van der Waals surface area contributed by atoms with Crippen LogP contribution in [0.4, 0.5) is 0 Å². The molecule has 1 aliphatic heterocycles. The Hall–Kier alpha value is -2.73. The standard InChI is InChI=1S/C30H39ClN2O4/c1-5-6-7-28(34)32-23-12-14-24(15-13-23)33-29(35)17-21-16-26(36-4)27(37-19(2)3)18-25(21)30(33)20-8-10-22(31)11-9-20/h8-11,16,18-19,23-24,30H,5-7,12-15,17H2,1-4H3,(H,32,34). The van der Waals surface area contributed by atoms with E-state index in [0.717, 1.165) is 55.2 Å². The summed E-state index contributed by atoms with van der Waals surface area (Å²) in [6.45, 7) is 6.08. The smallest absolute Gasteiger partial charge is 0.228 e. The summed E-state index contributed by atoms with van der Waals surface area (Å²) >= 11 is 6.22. The van der Waals surface area contributed by atoms with Gasteiger partial charge in [0.2, 0.25) is 11.8 Å². The van der Waals surface area contributed by atoms with Crippen molar-refractivity contribution in [1.29, 1.82) is 0 Å². The van der Waals surface area contributed by atoms with Crippen molar-refractivity contribution in [1.82, 2.24) is 10.2 Å². The number of halogens is 1. The molecule has 1 atom stereocenters. The molecule has 0 spiro atoms. The van der Waals surface area contributed by atoms with E-state index in [4.69, 9.17) is 21.1 Å². The molecule has 2 aromatic carbocycles. The van der Waals surface area contributed by atoms with Crippen molar-refractivity contribution in [3.63, 3.8) is 0 Å². The lowest BCUT2D eigenvalue weighted by atomic mass is 9.82. The molecule has 2 amide bonds. The van der Waals surface area contributed by atoms with Crippen LogP contribution in [0.2, 0.25) is 5.02 Å². The van der Waals surface area contributed by atoms with Gasteiger partial charge in [0.05, 0.1) is 25.7 Å². The molecule has 1 aliphatic carbocycles. The molecule has 0 saturated heterocycles. The van der Waals surface area contributed by atoms with Crippen molar-refractivity contribution >= 4 is 23.4 Å². The lowest BCUT2D eigenvalue weighted by Crippen LogP contribution is -2.50. The quantitative estimate of drug-likeness (QED) is 0.420. The Morgan fingerprint density at radius 1 is 1.11 bits per heavy atom. The highest BCUT2D eigenvalue weighted by Crippen LogP contribution is 2.44. The summed E-state index contributed by atoms with van der Waals surface area (Å²) in [4.78, 5) is 28.0. The predicted octanol–water partition coefficient (Wildman–Crippen LogP) is 6.23. The average Bonchev–Trinajstić information content (AvgIpc) is 2.87. The third-order valence-electron chi connectivity index (χ3n) is 7.39. The van der Waals surface area contributed by atoms with Crippen molar-refractivity contribution in [2.75, 3.05) is 7.11 Å². The Morgan fingerprint density at radius 2 is 1.81 bits per heavy atom. The molecule has 7 heteroatoms. The second kappa shape index (κ2) is 12.2. The van der Waals surface area contributed by atoms with E-state index in [2.05, 4.69) is 17.1 Å². The zero-order chi connectivity index (χ0) is 26.5. The molecule has 2 aromatic rings. The highest BCUT2D eigenvalue weighted by Gasteiger charge is 2.40. The van der Waals surface area contributed by atoms with Crippen LogP contribution >= 0.6 is 11.6 Å². The maximum absolute atomic E-state index is 13.7. The average molecular weight is 527 g/mol. The van der Waals surface area contributed by atoms with Gasteiger partial charge in [-0.2, -0.15) is 0 Å². The van der Waals surface area contributed by atoms with Crippen molar-refractivity contribution in [2.24, 2.45) is 0 Å². The number of carbonyl (C=O) groups is 2. The van der Waals surface area contributed by atoms with Crippen molar-refractivity contribution in [3.8, 4) is 11.5 Å². The number of nitrogens with zero attached hydrogens (tertiary/aromatic N) is 1. The molecule has 0 aromatic heterocycles. The summed E-state index contributed by atoms with van der Waals surface area (Å²) in [5.74, 6) is 1.58. The van der Waals surface area contributed by atoms with Gasteiger partial charge < -0.3 is 19.7 Å². The van der Waals surface area contributed by atoms with Crippen LogP contribution in [0, 0.1) is 0 Å². The SMILES string of the molecule is CCCCC(=O)NC1CCC(N2C(=O)Cc3cc(OC)c(OC(C)C)cc3C2c2ccc(Cl)cc2)CC1. The van der Waals surface area contributed by atoms with Gasteiger partial charge in [-0.25, -0.2) is 0 Å². The number of unbranched alkanes of at least 4 members (excludes halogenated alkanes) is 1. The van der Waals surface area contributed by atoms with E-state index in [0.29, 0.717) is 29.4 Å². The number of nitrogens with one attached hydrogen (secondary N) is 1. The lowest BCUT2D eigenvalue weighted by Gasteiger charge is -2.45. The summed E-state index contributed by atoms with van der Waals surface area (Å²) in [5, 5.41) is 3.87. The topological polar surface area (TPSA) is 67.9 Å². The maximum Gasteiger partial charge on any atom is 0.228 e. The number of fused-ring (bicyclic) bond motifs is 1. The molecule has 4 rings (SSSR count). The molecule has 0 radical (unpaired) electrons. The molecular weight excluding hydrogens is 488 g/mol. The first-order valence-electron chi connectivity index (χ1n) is 13.5. The molecular formula is C30H39ClN2O4. The van der Waals surface area contributed by atoms with Crippen LogP contribution in [0.3, 0.4) is 0 Å². The van der Waals surface area contributed by atoms with Crippen LogP contribution in [0.5, 0.6) is 11.5 Å². The minimum absolute atomic E-state index is 0.00919. The third kappa shape index (κ3) is 6.40. The highest BCUT2D eigenvalue weighted by atomic mass is 35.5. The van der Waals surface area contributed by atoms with Crippen LogP contribution in [0.25, 0.3) is 0 Å². The summed E-state index contributed by atoms with van der Waals surface area (Å²) in [7, 11) is 1.63. The zero-order valence-corrected chi connectivity index (χ0v) is 23.1. The largest absolute Gasteiger partial charge is 0.493 e. The number of methoxy groups -OCH3 is 1. The van der Waals surface area contributed by atoms with E-state index < -0.39 is 0 Å². The van der Waals surface area contributed by atoms with Crippen LogP contribution < -0.4 is 14.8 Å². The number of rotatable bonds is 9. The molecule has 1 heterocycles. The van der Waals surface area contributed by atoms with E-state index in [-0.39, 0.29) is 36.0 Å². The molecule has 200 valence electrons. The van der Waals surface area contributed by atoms with E-state index in [1.54, 1.807) is 7.11 Å². The first kappa shape index (κ1) is 27.3. The second-order valence-electron chi connectivity index (χ2n) is 10.5. The first-order valence-corrected chi connectivity index (χ1v) is 13.9. The normalized spacial score (nSPS) is 21.5. The third-order valence-corrected chi connectivity index (χ3v) is 7.64. The van der Waals surface area contributed by atoms with E-state index in [1.807, 2.05) is 50.2 Å². The zero-order valence-electron chi connectivity index (χ0n) is 22.4. The van der Waals surface area contributed by atoms with Gasteiger partial charge in [0.15, 0.2) is 11.5 Å². The Kier molecular flexibility index (Phi) is 9.01. The van der Waals surface area contributed by atoms with Gasteiger partial charge in [0, 0.05) is 23.5 Å². The van der Waals surface area contributed by atoms with Gasteiger partial charge in [-0.3, -0.25) is 9.59 Å². The van der Waals surface area contributed by atoms with Crippen LogP contribution in [-0.2, 0) is 16.0 Å². The van der Waals surface area contributed by atoms with Gasteiger partial charge in [0.1, 0.15) is 0 Å². The number of carbonyl (C=O) groups excluding carboxylic acids is 2.